The molecule has 1 unspecified atom stereocenters. The third kappa shape index (κ3) is 1.70. The van der Waals surface area contributed by atoms with Gasteiger partial charge in [0.15, 0.2) is 0 Å². The highest BCUT2D eigenvalue weighted by Crippen LogP contribution is 2.41. The molecular weight excluding hydrogens is 146 g/mol. The van der Waals surface area contributed by atoms with Gasteiger partial charge in [0.2, 0.25) is 0 Å². The second-order valence-electron chi connectivity index (χ2n) is 4.17. The lowest BCUT2D eigenvalue weighted by atomic mass is 9.86. The van der Waals surface area contributed by atoms with Crippen LogP contribution in [0.5, 0.6) is 0 Å². The third-order valence-electron chi connectivity index (χ3n) is 3.28. The molecule has 0 heterocycles. The summed E-state index contributed by atoms with van der Waals surface area (Å²) in [5.74, 6) is 1.94. The van der Waals surface area contributed by atoms with Crippen LogP contribution >= 0.6 is 0 Å². The summed E-state index contributed by atoms with van der Waals surface area (Å²) in [6, 6.07) is 0. The summed E-state index contributed by atoms with van der Waals surface area (Å²) >= 11 is 0. The van der Waals surface area contributed by atoms with Crippen LogP contribution in [0.15, 0.2) is 4.99 Å². The Morgan fingerprint density at radius 3 is 2.67 bits per heavy atom. The van der Waals surface area contributed by atoms with Gasteiger partial charge in [0.25, 0.3) is 0 Å². The van der Waals surface area contributed by atoms with Crippen molar-refractivity contribution in [3.63, 3.8) is 0 Å². The van der Waals surface area contributed by atoms with Crippen molar-refractivity contribution < 1.29 is 0 Å². The van der Waals surface area contributed by atoms with Crippen LogP contribution in [-0.4, -0.2) is 12.3 Å². The zero-order chi connectivity index (χ0) is 8.39. The van der Waals surface area contributed by atoms with E-state index in [1.807, 2.05) is 0 Å². The quantitative estimate of drug-likeness (QED) is 0.596. The number of hydrogen-bond donors (Lipinski definition) is 0. The van der Waals surface area contributed by atoms with Crippen molar-refractivity contribution >= 4 is 5.71 Å². The molecule has 68 valence electrons. The van der Waals surface area contributed by atoms with Gasteiger partial charge in [-0.05, 0) is 32.1 Å². The first-order valence-corrected chi connectivity index (χ1v) is 5.45. The monoisotopic (exact) mass is 165 g/mol. The summed E-state index contributed by atoms with van der Waals surface area (Å²) in [4.78, 5) is 4.51. The summed E-state index contributed by atoms with van der Waals surface area (Å²) < 4.78 is 0. The molecule has 1 heteroatoms. The zero-order valence-electron chi connectivity index (χ0n) is 8.05. The van der Waals surface area contributed by atoms with E-state index in [0.717, 1.165) is 18.4 Å². The molecule has 0 amide bonds. The van der Waals surface area contributed by atoms with Gasteiger partial charge in [-0.2, -0.15) is 0 Å². The molecule has 12 heavy (non-hydrogen) atoms. The Hall–Kier alpha value is -0.330. The van der Waals surface area contributed by atoms with E-state index < -0.39 is 0 Å². The molecular formula is C11H19N. The fourth-order valence-electron chi connectivity index (χ4n) is 2.53. The van der Waals surface area contributed by atoms with Gasteiger partial charge in [-0.15, -0.1) is 0 Å². The maximum Gasteiger partial charge on any atom is 0.0360 e. The summed E-state index contributed by atoms with van der Waals surface area (Å²) in [6.07, 6.45) is 8.71. The standard InChI is InChI=1S/C11H19N/c1-2-12-11-8-10(11)9-6-4-3-5-7-9/h9-10H,2-8H2,1H3/b12-11-. The van der Waals surface area contributed by atoms with Crippen molar-refractivity contribution in [1.82, 2.24) is 0 Å². The van der Waals surface area contributed by atoms with E-state index >= 15 is 0 Å². The molecule has 0 N–H and O–H groups in total. The number of aliphatic imine (C=N–C) groups is 1. The summed E-state index contributed by atoms with van der Waals surface area (Å²) in [5.41, 5.74) is 1.53. The molecule has 1 atom stereocenters. The lowest BCUT2D eigenvalue weighted by Crippen LogP contribution is -2.09. The van der Waals surface area contributed by atoms with Gasteiger partial charge < -0.3 is 0 Å². The molecule has 0 aliphatic heterocycles. The molecule has 1 nitrogen and oxygen atoms in total. The normalized spacial score (nSPS) is 34.1. The molecule has 0 aromatic carbocycles. The molecule has 2 fully saturated rings. The second kappa shape index (κ2) is 3.59. The molecule has 0 spiro atoms. The van der Waals surface area contributed by atoms with Gasteiger partial charge in [0.05, 0.1) is 0 Å². The minimum absolute atomic E-state index is 0.922. The Bertz CT molecular complexity index is 177. The Morgan fingerprint density at radius 2 is 2.00 bits per heavy atom. The topological polar surface area (TPSA) is 12.4 Å². The fourth-order valence-corrected chi connectivity index (χ4v) is 2.53. The van der Waals surface area contributed by atoms with E-state index in [2.05, 4.69) is 11.9 Å². The highest BCUT2D eigenvalue weighted by atomic mass is 14.8. The number of hydrogen-bond acceptors (Lipinski definition) is 1. The summed E-state index contributed by atoms with van der Waals surface area (Å²) in [7, 11) is 0. The summed E-state index contributed by atoms with van der Waals surface area (Å²) in [5, 5.41) is 0. The van der Waals surface area contributed by atoms with Crippen LogP contribution in [0, 0.1) is 11.8 Å². The second-order valence-corrected chi connectivity index (χ2v) is 4.17. The van der Waals surface area contributed by atoms with E-state index in [0.29, 0.717) is 0 Å². The van der Waals surface area contributed by atoms with Crippen LogP contribution in [-0.2, 0) is 0 Å². The first-order chi connectivity index (χ1) is 5.92. The minimum atomic E-state index is 0.922. The van der Waals surface area contributed by atoms with E-state index in [1.165, 1.54) is 44.2 Å². The van der Waals surface area contributed by atoms with Crippen molar-refractivity contribution in [2.24, 2.45) is 16.8 Å². The molecule has 2 aliphatic carbocycles. The Labute approximate surface area is 75.3 Å². The SMILES string of the molecule is CC/N=C1/CC1C1CCCCC1. The molecule has 0 bridgehead atoms. The summed E-state index contributed by atoms with van der Waals surface area (Å²) in [6.45, 7) is 3.14. The molecule has 2 rings (SSSR count). The predicted octanol–water partition coefficient (Wildman–Crippen LogP) is 3.05. The molecule has 0 aromatic heterocycles. The van der Waals surface area contributed by atoms with Crippen molar-refractivity contribution in [1.29, 1.82) is 0 Å². The lowest BCUT2D eigenvalue weighted by Gasteiger charge is -2.20. The highest BCUT2D eigenvalue weighted by molar-refractivity contribution is 6.01. The third-order valence-corrected chi connectivity index (χ3v) is 3.28. The smallest absolute Gasteiger partial charge is 0.0360 e. The van der Waals surface area contributed by atoms with Crippen LogP contribution in [0.3, 0.4) is 0 Å². The Balaban J connectivity index is 1.83. The molecule has 0 saturated heterocycles. The van der Waals surface area contributed by atoms with Gasteiger partial charge in [0.1, 0.15) is 0 Å². The maximum absolute atomic E-state index is 4.51. The van der Waals surface area contributed by atoms with Gasteiger partial charge in [-0.3, -0.25) is 4.99 Å². The van der Waals surface area contributed by atoms with Crippen molar-refractivity contribution in [2.75, 3.05) is 6.54 Å². The van der Waals surface area contributed by atoms with Crippen LogP contribution in [0.25, 0.3) is 0 Å². The van der Waals surface area contributed by atoms with Crippen LogP contribution in [0.4, 0.5) is 0 Å². The first-order valence-electron chi connectivity index (χ1n) is 5.45. The van der Waals surface area contributed by atoms with Crippen molar-refractivity contribution in [3.05, 3.63) is 0 Å². The van der Waals surface area contributed by atoms with Gasteiger partial charge in [-0.25, -0.2) is 0 Å². The largest absolute Gasteiger partial charge is 0.294 e. The Kier molecular flexibility index (Phi) is 2.48. The lowest BCUT2D eigenvalue weighted by molar-refractivity contribution is 0.334. The Morgan fingerprint density at radius 1 is 1.25 bits per heavy atom. The van der Waals surface area contributed by atoms with Gasteiger partial charge in [-0.1, -0.05) is 19.3 Å². The first kappa shape index (κ1) is 8.28. The maximum atomic E-state index is 4.51. The van der Waals surface area contributed by atoms with Crippen LogP contribution in [0.1, 0.15) is 45.4 Å². The van der Waals surface area contributed by atoms with E-state index in [1.54, 1.807) is 0 Å². The van der Waals surface area contributed by atoms with Crippen molar-refractivity contribution in [3.8, 4) is 0 Å². The van der Waals surface area contributed by atoms with Crippen LogP contribution in [0.2, 0.25) is 0 Å². The van der Waals surface area contributed by atoms with Crippen LogP contribution < -0.4 is 0 Å². The minimum Gasteiger partial charge on any atom is -0.294 e. The highest BCUT2D eigenvalue weighted by Gasteiger charge is 2.38. The number of nitrogens with zero attached hydrogens (tertiary/aromatic N) is 1. The molecule has 0 aromatic rings. The van der Waals surface area contributed by atoms with E-state index in [-0.39, 0.29) is 0 Å². The van der Waals surface area contributed by atoms with Gasteiger partial charge in [0, 0.05) is 18.2 Å². The van der Waals surface area contributed by atoms with E-state index in [9.17, 15) is 0 Å². The van der Waals surface area contributed by atoms with Gasteiger partial charge >= 0.3 is 0 Å². The zero-order valence-corrected chi connectivity index (χ0v) is 8.05. The number of rotatable bonds is 2. The molecule has 2 aliphatic rings. The van der Waals surface area contributed by atoms with Crippen molar-refractivity contribution in [2.45, 2.75) is 45.4 Å². The van der Waals surface area contributed by atoms with E-state index in [4.69, 9.17) is 0 Å². The molecule has 0 radical (unpaired) electrons. The predicted molar refractivity (Wildman–Crippen MR) is 52.7 cm³/mol. The molecule has 2 saturated carbocycles. The fraction of sp³-hybridized carbons (Fsp3) is 0.909. The average Bonchev–Trinajstić information content (AvgIpc) is 2.87. The average molecular weight is 165 g/mol.